The molecule has 0 aliphatic rings. The summed E-state index contributed by atoms with van der Waals surface area (Å²) in [5, 5.41) is 12.3. The molecule has 28 heavy (non-hydrogen) atoms. The van der Waals surface area contributed by atoms with Crippen molar-refractivity contribution in [2.45, 2.75) is 13.5 Å². The molecule has 0 atom stereocenters. The Kier molecular flexibility index (Phi) is 4.21. The Balaban J connectivity index is 1.84. The van der Waals surface area contributed by atoms with E-state index in [2.05, 4.69) is 20.3 Å². The first kappa shape index (κ1) is 17.2. The topological polar surface area (TPSA) is 127 Å². The van der Waals surface area contributed by atoms with E-state index in [4.69, 9.17) is 5.73 Å². The third kappa shape index (κ3) is 2.83. The molecule has 0 saturated carbocycles. The van der Waals surface area contributed by atoms with Gasteiger partial charge >= 0.3 is 5.69 Å². The molecule has 0 radical (unpaired) electrons. The number of aromatic nitrogens is 5. The molecule has 0 bridgehead atoms. The highest BCUT2D eigenvalue weighted by Gasteiger charge is 2.15. The Hall–Kier alpha value is -4.19. The molecule has 138 valence electrons. The highest BCUT2D eigenvalue weighted by atomic mass is 16.1. The van der Waals surface area contributed by atoms with Crippen LogP contribution in [0.4, 0.5) is 11.6 Å². The molecular formula is C19H16N8O. The normalized spacial score (nSPS) is 10.7. The summed E-state index contributed by atoms with van der Waals surface area (Å²) in [5.74, 6) is 0.855. The monoisotopic (exact) mass is 372 g/mol. The summed E-state index contributed by atoms with van der Waals surface area (Å²) in [4.78, 5) is 25.6. The largest absolute Gasteiger partial charge is 0.382 e. The molecule has 0 saturated heterocycles. The van der Waals surface area contributed by atoms with E-state index in [1.807, 2.05) is 37.3 Å². The SMILES string of the molecule is Cc1ccccc1-n1c(CNc2ncnc(N)c2C#N)nc2cccn2c1=O. The van der Waals surface area contributed by atoms with Gasteiger partial charge in [-0.05, 0) is 30.7 Å². The van der Waals surface area contributed by atoms with E-state index < -0.39 is 0 Å². The maximum atomic E-state index is 13.1. The fraction of sp³-hybridized carbons (Fsp3) is 0.105. The standard InChI is InChI=1S/C19H16N8O/c1-12-5-2-3-6-14(12)27-16(25-15-7-4-8-26(15)19(27)28)10-22-18-13(9-20)17(21)23-11-24-18/h2-8,11H,10H2,1H3,(H3,21,22,23,24). The van der Waals surface area contributed by atoms with E-state index in [0.717, 1.165) is 11.3 Å². The van der Waals surface area contributed by atoms with Gasteiger partial charge in [-0.2, -0.15) is 5.26 Å². The average Bonchev–Trinajstić information content (AvgIpc) is 3.16. The minimum atomic E-state index is -0.233. The molecule has 0 fully saturated rings. The number of nitrogens with one attached hydrogen (secondary N) is 1. The van der Waals surface area contributed by atoms with Gasteiger partial charge in [-0.1, -0.05) is 18.2 Å². The number of benzene rings is 1. The van der Waals surface area contributed by atoms with Crippen molar-refractivity contribution in [3.63, 3.8) is 0 Å². The molecule has 3 N–H and O–H groups in total. The highest BCUT2D eigenvalue weighted by Crippen LogP contribution is 2.18. The molecule has 0 aliphatic heterocycles. The van der Waals surface area contributed by atoms with Crippen molar-refractivity contribution in [2.24, 2.45) is 0 Å². The number of nitrogen functional groups attached to an aromatic ring is 1. The van der Waals surface area contributed by atoms with Crippen molar-refractivity contribution < 1.29 is 0 Å². The Labute approximate surface area is 159 Å². The van der Waals surface area contributed by atoms with E-state index in [-0.39, 0.29) is 29.4 Å². The van der Waals surface area contributed by atoms with Crippen LogP contribution in [0, 0.1) is 18.3 Å². The van der Waals surface area contributed by atoms with Crippen molar-refractivity contribution in [2.75, 3.05) is 11.1 Å². The molecule has 1 aromatic carbocycles. The summed E-state index contributed by atoms with van der Waals surface area (Å²) >= 11 is 0. The Bertz CT molecular complexity index is 1280. The van der Waals surface area contributed by atoms with E-state index in [1.54, 1.807) is 22.9 Å². The number of anilines is 2. The third-order valence-electron chi connectivity index (χ3n) is 4.39. The molecule has 9 nitrogen and oxygen atoms in total. The lowest BCUT2D eigenvalue weighted by Gasteiger charge is -2.16. The lowest BCUT2D eigenvalue weighted by Crippen LogP contribution is -2.30. The van der Waals surface area contributed by atoms with Crippen LogP contribution in [-0.4, -0.2) is 23.9 Å². The van der Waals surface area contributed by atoms with Gasteiger partial charge in [0.2, 0.25) is 0 Å². The smallest absolute Gasteiger partial charge is 0.339 e. The minimum Gasteiger partial charge on any atom is -0.382 e. The van der Waals surface area contributed by atoms with Crippen molar-refractivity contribution in [1.29, 1.82) is 5.26 Å². The van der Waals surface area contributed by atoms with Crippen LogP contribution in [0.2, 0.25) is 0 Å². The number of rotatable bonds is 4. The molecule has 0 unspecified atom stereocenters. The molecule has 0 spiro atoms. The Morgan fingerprint density at radius 1 is 1.21 bits per heavy atom. The Morgan fingerprint density at radius 3 is 2.82 bits per heavy atom. The molecule has 0 aliphatic carbocycles. The van der Waals surface area contributed by atoms with Crippen LogP contribution in [0.25, 0.3) is 11.3 Å². The zero-order valence-electron chi connectivity index (χ0n) is 15.0. The predicted molar refractivity (Wildman–Crippen MR) is 104 cm³/mol. The van der Waals surface area contributed by atoms with E-state index in [9.17, 15) is 10.1 Å². The summed E-state index contributed by atoms with van der Waals surface area (Å²) in [6.45, 7) is 2.09. The molecule has 9 heteroatoms. The van der Waals surface area contributed by atoms with Crippen molar-refractivity contribution in [1.82, 2.24) is 23.9 Å². The van der Waals surface area contributed by atoms with E-state index >= 15 is 0 Å². The summed E-state index contributed by atoms with van der Waals surface area (Å²) in [5.41, 5.74) is 7.86. The fourth-order valence-electron chi connectivity index (χ4n) is 3.01. The lowest BCUT2D eigenvalue weighted by atomic mass is 10.2. The number of hydrogen-bond donors (Lipinski definition) is 2. The van der Waals surface area contributed by atoms with Gasteiger partial charge in [0.15, 0.2) is 0 Å². The van der Waals surface area contributed by atoms with Gasteiger partial charge in [0, 0.05) is 6.20 Å². The second-order valence-corrected chi connectivity index (χ2v) is 6.12. The van der Waals surface area contributed by atoms with Gasteiger partial charge in [0.1, 0.15) is 41.1 Å². The van der Waals surface area contributed by atoms with Crippen LogP contribution in [0.1, 0.15) is 17.0 Å². The van der Waals surface area contributed by atoms with Crippen molar-refractivity contribution in [3.05, 3.63) is 76.4 Å². The lowest BCUT2D eigenvalue weighted by molar-refractivity contribution is 0.762. The molecular weight excluding hydrogens is 356 g/mol. The molecule has 4 aromatic rings. The minimum absolute atomic E-state index is 0.0892. The zero-order chi connectivity index (χ0) is 19.7. The summed E-state index contributed by atoms with van der Waals surface area (Å²) in [6.07, 6.45) is 2.95. The number of hydrogen-bond acceptors (Lipinski definition) is 7. The average molecular weight is 372 g/mol. The van der Waals surface area contributed by atoms with Gasteiger partial charge < -0.3 is 11.1 Å². The first-order chi connectivity index (χ1) is 13.6. The number of para-hydroxylation sites is 1. The maximum Gasteiger partial charge on any atom is 0.339 e. The highest BCUT2D eigenvalue weighted by molar-refractivity contribution is 5.62. The molecule has 0 amide bonds. The number of nitrogens with zero attached hydrogens (tertiary/aromatic N) is 6. The Morgan fingerprint density at radius 2 is 2.04 bits per heavy atom. The van der Waals surface area contributed by atoms with E-state index in [0.29, 0.717) is 11.5 Å². The van der Waals surface area contributed by atoms with Gasteiger partial charge in [0.25, 0.3) is 0 Å². The van der Waals surface area contributed by atoms with Gasteiger partial charge in [-0.15, -0.1) is 0 Å². The van der Waals surface area contributed by atoms with Crippen LogP contribution in [0.15, 0.2) is 53.7 Å². The number of nitrogens with two attached hydrogens (primary N) is 1. The van der Waals surface area contributed by atoms with E-state index in [1.165, 1.54) is 10.7 Å². The first-order valence-electron chi connectivity index (χ1n) is 8.49. The van der Waals surface area contributed by atoms with Gasteiger partial charge in [-0.3, -0.25) is 4.40 Å². The number of aryl methyl sites for hydroxylation is 1. The second kappa shape index (κ2) is 6.85. The van der Waals surface area contributed by atoms with Crippen LogP contribution in [-0.2, 0) is 6.54 Å². The maximum absolute atomic E-state index is 13.1. The fourth-order valence-corrected chi connectivity index (χ4v) is 3.01. The summed E-state index contributed by atoms with van der Waals surface area (Å²) < 4.78 is 3.03. The summed E-state index contributed by atoms with van der Waals surface area (Å²) in [6, 6.07) is 13.1. The number of fused-ring (bicyclic) bond motifs is 1. The van der Waals surface area contributed by atoms with Crippen LogP contribution >= 0.6 is 0 Å². The third-order valence-corrected chi connectivity index (χ3v) is 4.39. The first-order valence-corrected chi connectivity index (χ1v) is 8.49. The van der Waals surface area contributed by atoms with Crippen molar-refractivity contribution in [3.8, 4) is 11.8 Å². The number of nitriles is 1. The van der Waals surface area contributed by atoms with Crippen molar-refractivity contribution >= 4 is 17.3 Å². The van der Waals surface area contributed by atoms with Crippen LogP contribution in [0.3, 0.4) is 0 Å². The van der Waals surface area contributed by atoms with Gasteiger partial charge in [0.05, 0.1) is 12.2 Å². The molecule has 3 aromatic heterocycles. The second-order valence-electron chi connectivity index (χ2n) is 6.12. The van der Waals surface area contributed by atoms with Gasteiger partial charge in [-0.25, -0.2) is 24.3 Å². The predicted octanol–water partition coefficient (Wildman–Crippen LogP) is 1.65. The van der Waals surface area contributed by atoms with Crippen LogP contribution in [0.5, 0.6) is 0 Å². The summed E-state index contributed by atoms with van der Waals surface area (Å²) in [7, 11) is 0. The molecule has 4 rings (SSSR count). The van der Waals surface area contributed by atoms with Crippen LogP contribution < -0.4 is 16.7 Å². The zero-order valence-corrected chi connectivity index (χ0v) is 15.0. The quantitative estimate of drug-likeness (QED) is 0.557. The molecule has 3 heterocycles.